The summed E-state index contributed by atoms with van der Waals surface area (Å²) in [6, 6.07) is 20.6. The molecule has 29 heavy (non-hydrogen) atoms. The van der Waals surface area contributed by atoms with Gasteiger partial charge in [-0.3, -0.25) is 0 Å². The molecular formula is C21H17ClN6O. The molecule has 0 bridgehead atoms. The SMILES string of the molecule is Nc1c(Nc2ccc(Oc3ccccc3)cc2)ncnc1Nc1ccc(Cl)cn1. The van der Waals surface area contributed by atoms with Crippen LogP contribution in [0.15, 0.2) is 79.3 Å². The average molecular weight is 405 g/mol. The fourth-order valence-corrected chi connectivity index (χ4v) is 2.65. The molecule has 4 N–H and O–H groups in total. The van der Waals surface area contributed by atoms with Gasteiger partial charge in [0.15, 0.2) is 11.6 Å². The maximum atomic E-state index is 6.21. The van der Waals surface area contributed by atoms with Crippen molar-refractivity contribution < 1.29 is 4.74 Å². The maximum Gasteiger partial charge on any atom is 0.160 e. The number of ether oxygens (including phenoxy) is 1. The first kappa shape index (κ1) is 18.5. The molecule has 0 aliphatic carbocycles. The first-order valence-corrected chi connectivity index (χ1v) is 9.14. The molecule has 144 valence electrons. The Morgan fingerprint density at radius 2 is 1.45 bits per heavy atom. The zero-order valence-corrected chi connectivity index (χ0v) is 16.0. The largest absolute Gasteiger partial charge is 0.457 e. The van der Waals surface area contributed by atoms with Crippen LogP contribution in [0.25, 0.3) is 0 Å². The number of aromatic nitrogens is 3. The van der Waals surface area contributed by atoms with Crippen LogP contribution in [0.5, 0.6) is 11.5 Å². The summed E-state index contributed by atoms with van der Waals surface area (Å²) in [5.41, 5.74) is 7.39. The van der Waals surface area contributed by atoms with Gasteiger partial charge in [0.1, 0.15) is 29.3 Å². The van der Waals surface area contributed by atoms with Crippen molar-refractivity contribution in [3.8, 4) is 11.5 Å². The highest BCUT2D eigenvalue weighted by Gasteiger charge is 2.09. The molecule has 0 aliphatic heterocycles. The minimum absolute atomic E-state index is 0.369. The van der Waals surface area contributed by atoms with Gasteiger partial charge >= 0.3 is 0 Å². The molecule has 0 radical (unpaired) electrons. The van der Waals surface area contributed by atoms with Crippen molar-refractivity contribution in [3.63, 3.8) is 0 Å². The standard InChI is InChI=1S/C21H17ClN6O/c22-14-6-11-18(24-12-14)28-21-19(23)20(25-13-26-21)27-15-7-9-17(10-8-15)29-16-4-2-1-3-5-16/h1-13H,23H2,(H2,24,25,26,27,28). The van der Waals surface area contributed by atoms with E-state index >= 15 is 0 Å². The van der Waals surface area contributed by atoms with E-state index < -0.39 is 0 Å². The van der Waals surface area contributed by atoms with E-state index in [1.165, 1.54) is 6.33 Å². The van der Waals surface area contributed by atoms with Crippen LogP contribution in [0.1, 0.15) is 0 Å². The Balaban J connectivity index is 1.47. The lowest BCUT2D eigenvalue weighted by atomic mass is 10.3. The smallest absolute Gasteiger partial charge is 0.160 e. The van der Waals surface area contributed by atoms with Crippen LogP contribution in [-0.4, -0.2) is 15.0 Å². The summed E-state index contributed by atoms with van der Waals surface area (Å²) in [5, 5.41) is 6.79. The average Bonchev–Trinajstić information content (AvgIpc) is 2.75. The number of hydrogen-bond acceptors (Lipinski definition) is 7. The van der Waals surface area contributed by atoms with Gasteiger partial charge in [-0.1, -0.05) is 29.8 Å². The Kier molecular flexibility index (Phi) is 5.40. The number of rotatable bonds is 6. The van der Waals surface area contributed by atoms with Crippen molar-refractivity contribution in [1.29, 1.82) is 0 Å². The third kappa shape index (κ3) is 4.72. The number of nitrogens with two attached hydrogens (primary N) is 1. The molecular weight excluding hydrogens is 388 g/mol. The molecule has 2 aromatic heterocycles. The topological polar surface area (TPSA) is 98.0 Å². The van der Waals surface area contributed by atoms with Gasteiger partial charge in [0.05, 0.1) is 5.02 Å². The maximum absolute atomic E-state index is 6.21. The molecule has 7 nitrogen and oxygen atoms in total. The van der Waals surface area contributed by atoms with Gasteiger partial charge in [0, 0.05) is 11.9 Å². The number of benzene rings is 2. The second-order valence-electron chi connectivity index (χ2n) is 6.04. The zero-order valence-electron chi connectivity index (χ0n) is 15.2. The van der Waals surface area contributed by atoms with Crippen LogP contribution in [0, 0.1) is 0 Å². The minimum atomic E-state index is 0.369. The zero-order chi connectivity index (χ0) is 20.1. The van der Waals surface area contributed by atoms with Gasteiger partial charge in [0.25, 0.3) is 0 Å². The molecule has 0 amide bonds. The highest BCUT2D eigenvalue weighted by molar-refractivity contribution is 6.30. The van der Waals surface area contributed by atoms with Crippen LogP contribution >= 0.6 is 11.6 Å². The van der Waals surface area contributed by atoms with Crippen molar-refractivity contribution in [2.45, 2.75) is 0 Å². The van der Waals surface area contributed by atoms with Gasteiger partial charge in [-0.2, -0.15) is 0 Å². The molecule has 0 spiro atoms. The Morgan fingerprint density at radius 1 is 0.759 bits per heavy atom. The summed E-state index contributed by atoms with van der Waals surface area (Å²) in [5.74, 6) is 3.01. The summed E-state index contributed by atoms with van der Waals surface area (Å²) in [6.07, 6.45) is 2.96. The molecule has 0 saturated heterocycles. The van der Waals surface area contributed by atoms with Crippen LogP contribution in [0.2, 0.25) is 5.02 Å². The molecule has 0 aliphatic rings. The van der Waals surface area contributed by atoms with E-state index in [-0.39, 0.29) is 0 Å². The summed E-state index contributed by atoms with van der Waals surface area (Å²) in [6.45, 7) is 0. The van der Waals surface area contributed by atoms with E-state index in [1.807, 2.05) is 54.6 Å². The van der Waals surface area contributed by atoms with Gasteiger partial charge in [-0.15, -0.1) is 0 Å². The Morgan fingerprint density at radius 3 is 2.14 bits per heavy atom. The monoisotopic (exact) mass is 404 g/mol. The van der Waals surface area contributed by atoms with E-state index in [4.69, 9.17) is 22.1 Å². The molecule has 4 aromatic rings. The summed E-state index contributed by atoms with van der Waals surface area (Å²) >= 11 is 5.86. The predicted octanol–water partition coefficient (Wildman–Crippen LogP) is 5.39. The van der Waals surface area contributed by atoms with Crippen LogP contribution < -0.4 is 21.1 Å². The fourth-order valence-electron chi connectivity index (χ4n) is 2.53. The highest BCUT2D eigenvalue weighted by Crippen LogP contribution is 2.29. The first-order chi connectivity index (χ1) is 14.2. The molecule has 0 saturated carbocycles. The van der Waals surface area contributed by atoms with Crippen molar-refractivity contribution in [2.24, 2.45) is 0 Å². The number of nitrogens with one attached hydrogen (secondary N) is 2. The highest BCUT2D eigenvalue weighted by atomic mass is 35.5. The van der Waals surface area contributed by atoms with E-state index in [0.29, 0.717) is 28.2 Å². The molecule has 0 atom stereocenters. The lowest BCUT2D eigenvalue weighted by Gasteiger charge is -2.12. The van der Waals surface area contributed by atoms with Gasteiger partial charge in [0.2, 0.25) is 0 Å². The number of nitrogens with zero attached hydrogens (tertiary/aromatic N) is 3. The lowest BCUT2D eigenvalue weighted by molar-refractivity contribution is 0.483. The Hall–Kier alpha value is -3.84. The molecule has 0 unspecified atom stereocenters. The number of nitrogen functional groups attached to an aromatic ring is 1. The Bertz CT molecular complexity index is 1090. The van der Waals surface area contributed by atoms with E-state index in [0.717, 1.165) is 17.2 Å². The lowest BCUT2D eigenvalue weighted by Crippen LogP contribution is -2.05. The first-order valence-electron chi connectivity index (χ1n) is 8.76. The summed E-state index contributed by atoms with van der Waals surface area (Å²) < 4.78 is 5.80. The molecule has 2 heterocycles. The quantitative estimate of drug-likeness (QED) is 0.396. The molecule has 4 rings (SSSR count). The van der Waals surface area contributed by atoms with Gasteiger partial charge in [-0.25, -0.2) is 15.0 Å². The number of hydrogen-bond donors (Lipinski definition) is 3. The second kappa shape index (κ2) is 8.45. The van der Waals surface area contributed by atoms with Gasteiger partial charge in [-0.05, 0) is 48.5 Å². The van der Waals surface area contributed by atoms with E-state index in [1.54, 1.807) is 18.3 Å². The normalized spacial score (nSPS) is 10.4. The van der Waals surface area contributed by atoms with Crippen LogP contribution in [-0.2, 0) is 0 Å². The number of halogens is 1. The van der Waals surface area contributed by atoms with Crippen LogP contribution in [0.3, 0.4) is 0 Å². The summed E-state index contributed by atoms with van der Waals surface area (Å²) in [7, 11) is 0. The van der Waals surface area contributed by atoms with E-state index in [9.17, 15) is 0 Å². The van der Waals surface area contributed by atoms with Crippen molar-refractivity contribution in [2.75, 3.05) is 16.4 Å². The van der Waals surface area contributed by atoms with Crippen LogP contribution in [0.4, 0.5) is 28.8 Å². The molecule has 8 heteroatoms. The number of anilines is 5. The predicted molar refractivity (Wildman–Crippen MR) is 115 cm³/mol. The molecule has 0 fully saturated rings. The van der Waals surface area contributed by atoms with Crippen molar-refractivity contribution in [1.82, 2.24) is 15.0 Å². The third-order valence-corrected chi connectivity index (χ3v) is 4.18. The van der Waals surface area contributed by atoms with Gasteiger partial charge < -0.3 is 21.1 Å². The fraction of sp³-hybridized carbons (Fsp3) is 0. The summed E-state index contributed by atoms with van der Waals surface area (Å²) in [4.78, 5) is 12.6. The second-order valence-corrected chi connectivity index (χ2v) is 6.47. The minimum Gasteiger partial charge on any atom is -0.457 e. The van der Waals surface area contributed by atoms with Crippen molar-refractivity contribution >= 4 is 40.4 Å². The number of pyridine rings is 1. The molecule has 2 aromatic carbocycles. The van der Waals surface area contributed by atoms with Crippen molar-refractivity contribution in [3.05, 3.63) is 84.3 Å². The van der Waals surface area contributed by atoms with E-state index in [2.05, 4.69) is 25.6 Å². The Labute approximate surface area is 172 Å². The number of para-hydroxylation sites is 1. The third-order valence-electron chi connectivity index (χ3n) is 3.95.